The van der Waals surface area contributed by atoms with Crippen LogP contribution in [0.15, 0.2) is 11.5 Å². The minimum Gasteiger partial charge on any atom is -0.293 e. The van der Waals surface area contributed by atoms with E-state index < -0.39 is 0 Å². The second-order valence-corrected chi connectivity index (χ2v) is 2.77. The Morgan fingerprint density at radius 2 is 2.62 bits per heavy atom. The van der Waals surface area contributed by atoms with Crippen LogP contribution < -0.4 is 0 Å². The highest BCUT2D eigenvalue weighted by Crippen LogP contribution is 2.11. The van der Waals surface area contributed by atoms with Crippen LogP contribution in [0.1, 0.15) is 0 Å². The Morgan fingerprint density at radius 1 is 1.88 bits per heavy atom. The molecule has 8 heavy (non-hydrogen) atoms. The maximum atomic E-state index is 10.5. The molecule has 0 aromatic heterocycles. The van der Waals surface area contributed by atoms with Crippen molar-refractivity contribution in [3.63, 3.8) is 0 Å². The van der Waals surface area contributed by atoms with E-state index in [1.165, 1.54) is 0 Å². The zero-order valence-electron chi connectivity index (χ0n) is 4.63. The van der Waals surface area contributed by atoms with Gasteiger partial charge in [0.05, 0.1) is 6.54 Å². The first-order chi connectivity index (χ1) is 3.79. The van der Waals surface area contributed by atoms with Crippen molar-refractivity contribution in [2.75, 3.05) is 13.6 Å². The molecule has 1 aliphatic heterocycles. The van der Waals surface area contributed by atoms with Crippen LogP contribution in [0.4, 0.5) is 0 Å². The van der Waals surface area contributed by atoms with Crippen LogP contribution in [-0.2, 0) is 4.79 Å². The lowest BCUT2D eigenvalue weighted by atomic mass is 10.4. The van der Waals surface area contributed by atoms with Crippen molar-refractivity contribution in [3.05, 3.63) is 11.5 Å². The molecule has 1 rings (SSSR count). The summed E-state index contributed by atoms with van der Waals surface area (Å²) in [5, 5.41) is 1.80. The highest BCUT2D eigenvalue weighted by molar-refractivity contribution is 8.00. The van der Waals surface area contributed by atoms with E-state index in [1.54, 1.807) is 23.4 Å². The van der Waals surface area contributed by atoms with E-state index in [1.807, 2.05) is 11.4 Å². The van der Waals surface area contributed by atoms with E-state index >= 15 is 0 Å². The highest BCUT2D eigenvalue weighted by Gasteiger charge is 2.06. The van der Waals surface area contributed by atoms with Gasteiger partial charge in [0.15, 0.2) is 5.78 Å². The number of ketones is 1. The number of hydrogen-bond acceptors (Lipinski definition) is 3. The van der Waals surface area contributed by atoms with E-state index in [2.05, 4.69) is 0 Å². The van der Waals surface area contributed by atoms with Crippen LogP contribution >= 0.6 is 11.9 Å². The van der Waals surface area contributed by atoms with Gasteiger partial charge in [-0.2, -0.15) is 0 Å². The van der Waals surface area contributed by atoms with E-state index in [0.29, 0.717) is 6.54 Å². The Bertz CT molecular complexity index is 132. The van der Waals surface area contributed by atoms with E-state index in [0.717, 1.165) is 0 Å². The average molecular weight is 129 g/mol. The molecule has 0 aliphatic carbocycles. The molecule has 0 aromatic rings. The Morgan fingerprint density at radius 3 is 3.00 bits per heavy atom. The minimum atomic E-state index is 0.186. The lowest BCUT2D eigenvalue weighted by molar-refractivity contribution is -0.114. The summed E-state index contributed by atoms with van der Waals surface area (Å²) >= 11 is 1.55. The maximum absolute atomic E-state index is 10.5. The van der Waals surface area contributed by atoms with Gasteiger partial charge in [0.2, 0.25) is 0 Å². The highest BCUT2D eigenvalue weighted by atomic mass is 32.2. The molecule has 0 bridgehead atoms. The van der Waals surface area contributed by atoms with Crippen LogP contribution in [-0.4, -0.2) is 23.7 Å². The van der Waals surface area contributed by atoms with Gasteiger partial charge < -0.3 is 0 Å². The predicted octanol–water partition coefficient (Wildman–Crippen LogP) is 0.663. The van der Waals surface area contributed by atoms with Gasteiger partial charge in [0.25, 0.3) is 0 Å². The van der Waals surface area contributed by atoms with Crippen molar-refractivity contribution in [2.24, 2.45) is 0 Å². The van der Waals surface area contributed by atoms with Crippen molar-refractivity contribution in [1.29, 1.82) is 0 Å². The summed E-state index contributed by atoms with van der Waals surface area (Å²) in [4.78, 5) is 10.5. The van der Waals surface area contributed by atoms with Gasteiger partial charge in [-0.25, -0.2) is 4.31 Å². The fourth-order valence-electron chi connectivity index (χ4n) is 0.520. The molecule has 0 unspecified atom stereocenters. The standard InChI is InChI=1S/C5H7NOS/c1-6-4-5(7)2-3-8-6/h2-3H,4H2,1H3. The average Bonchev–Trinajstić information content (AvgIpc) is 1.64. The van der Waals surface area contributed by atoms with Crippen molar-refractivity contribution in [2.45, 2.75) is 0 Å². The molecule has 0 spiro atoms. The molecule has 0 aromatic carbocycles. The zero-order chi connectivity index (χ0) is 5.98. The normalized spacial score (nSPS) is 21.9. The third-order valence-corrected chi connectivity index (χ3v) is 1.62. The Hall–Kier alpha value is -0.280. The monoisotopic (exact) mass is 129 g/mol. The molecule has 0 saturated heterocycles. The molecule has 0 radical (unpaired) electrons. The number of hydrogen-bond donors (Lipinski definition) is 0. The van der Waals surface area contributed by atoms with Gasteiger partial charge in [-0.3, -0.25) is 4.79 Å². The molecule has 2 nitrogen and oxygen atoms in total. The molecule has 0 fully saturated rings. The summed E-state index contributed by atoms with van der Waals surface area (Å²) in [5.74, 6) is 0.186. The van der Waals surface area contributed by atoms with Gasteiger partial charge in [0.1, 0.15) is 0 Å². The summed E-state index contributed by atoms with van der Waals surface area (Å²) in [5.41, 5.74) is 0. The second kappa shape index (κ2) is 2.33. The van der Waals surface area contributed by atoms with E-state index in [-0.39, 0.29) is 5.78 Å². The molecule has 1 aliphatic rings. The van der Waals surface area contributed by atoms with Crippen molar-refractivity contribution in [3.8, 4) is 0 Å². The Balaban J connectivity index is 2.54. The molecular weight excluding hydrogens is 122 g/mol. The quantitative estimate of drug-likeness (QED) is 0.448. The molecule has 3 heteroatoms. The molecule has 0 saturated carbocycles. The zero-order valence-corrected chi connectivity index (χ0v) is 5.44. The van der Waals surface area contributed by atoms with Crippen molar-refractivity contribution >= 4 is 17.7 Å². The first-order valence-corrected chi connectivity index (χ1v) is 3.20. The fraction of sp³-hybridized carbons (Fsp3) is 0.400. The second-order valence-electron chi connectivity index (χ2n) is 1.66. The Kier molecular flexibility index (Phi) is 1.70. The molecular formula is C5H7NOS. The van der Waals surface area contributed by atoms with Crippen molar-refractivity contribution in [1.82, 2.24) is 4.31 Å². The first-order valence-electron chi connectivity index (χ1n) is 2.36. The first kappa shape index (κ1) is 5.85. The predicted molar refractivity (Wildman–Crippen MR) is 34.4 cm³/mol. The molecule has 0 atom stereocenters. The summed E-state index contributed by atoms with van der Waals surface area (Å²) in [7, 11) is 1.89. The number of nitrogens with zero attached hydrogens (tertiary/aromatic N) is 1. The summed E-state index contributed by atoms with van der Waals surface area (Å²) in [6.07, 6.45) is 1.60. The third-order valence-electron chi connectivity index (χ3n) is 0.873. The number of carbonyl (C=O) groups excluding carboxylic acids is 1. The third kappa shape index (κ3) is 1.35. The van der Waals surface area contributed by atoms with Crippen LogP contribution in [0.25, 0.3) is 0 Å². The SMILES string of the molecule is CN1CC(=O)C=CS1. The minimum absolute atomic E-state index is 0.186. The lowest BCUT2D eigenvalue weighted by Gasteiger charge is -2.13. The topological polar surface area (TPSA) is 20.3 Å². The van der Waals surface area contributed by atoms with Crippen molar-refractivity contribution < 1.29 is 4.79 Å². The van der Waals surface area contributed by atoms with E-state index in [9.17, 15) is 4.79 Å². The van der Waals surface area contributed by atoms with Crippen LogP contribution in [0.5, 0.6) is 0 Å². The number of rotatable bonds is 0. The summed E-state index contributed by atoms with van der Waals surface area (Å²) in [6.45, 7) is 0.543. The van der Waals surface area contributed by atoms with E-state index in [4.69, 9.17) is 0 Å². The van der Waals surface area contributed by atoms with Crippen LogP contribution in [0.3, 0.4) is 0 Å². The number of likely N-dealkylation sites (N-methyl/N-ethyl adjacent to an activating group) is 1. The summed E-state index contributed by atoms with van der Waals surface area (Å²) in [6, 6.07) is 0. The van der Waals surface area contributed by atoms with Gasteiger partial charge in [-0.1, -0.05) is 0 Å². The molecule has 1 heterocycles. The fourth-order valence-corrected chi connectivity index (χ4v) is 1.14. The lowest BCUT2D eigenvalue weighted by Crippen LogP contribution is -2.19. The van der Waals surface area contributed by atoms with Crippen LogP contribution in [0.2, 0.25) is 0 Å². The summed E-state index contributed by atoms with van der Waals surface area (Å²) < 4.78 is 1.89. The maximum Gasteiger partial charge on any atom is 0.171 e. The van der Waals surface area contributed by atoms with Gasteiger partial charge in [0, 0.05) is 0 Å². The number of carbonyl (C=O) groups is 1. The molecule has 0 N–H and O–H groups in total. The van der Waals surface area contributed by atoms with Gasteiger partial charge in [-0.05, 0) is 30.5 Å². The largest absolute Gasteiger partial charge is 0.293 e. The van der Waals surface area contributed by atoms with Crippen LogP contribution in [0, 0.1) is 0 Å². The molecule has 44 valence electrons. The molecule has 0 amide bonds. The van der Waals surface area contributed by atoms with Gasteiger partial charge >= 0.3 is 0 Å². The smallest absolute Gasteiger partial charge is 0.171 e. The Labute approximate surface area is 52.7 Å². The van der Waals surface area contributed by atoms with Gasteiger partial charge in [-0.15, -0.1) is 0 Å².